The van der Waals surface area contributed by atoms with E-state index in [1.807, 2.05) is 4.90 Å². The predicted molar refractivity (Wildman–Crippen MR) is 74.6 cm³/mol. The van der Waals surface area contributed by atoms with Crippen LogP contribution in [-0.2, 0) is 6.54 Å². The van der Waals surface area contributed by atoms with Gasteiger partial charge in [0, 0.05) is 19.1 Å². The molecule has 1 aromatic rings. The van der Waals surface area contributed by atoms with E-state index >= 15 is 0 Å². The first-order valence-electron chi connectivity index (χ1n) is 6.41. The van der Waals surface area contributed by atoms with Crippen molar-refractivity contribution in [2.24, 2.45) is 11.7 Å². The summed E-state index contributed by atoms with van der Waals surface area (Å²) in [4.78, 5) is 14.0. The maximum atomic E-state index is 12.0. The molecule has 1 saturated heterocycles. The van der Waals surface area contributed by atoms with Gasteiger partial charge in [0.1, 0.15) is 5.02 Å². The summed E-state index contributed by atoms with van der Waals surface area (Å²) in [6.07, 6.45) is 2.46. The van der Waals surface area contributed by atoms with E-state index in [4.69, 9.17) is 22.4 Å². The Balaban J connectivity index is 2.26. The molecular weight excluding hydrogens is 268 g/mol. The van der Waals surface area contributed by atoms with Crippen LogP contribution in [0.5, 0.6) is 0 Å². The lowest BCUT2D eigenvalue weighted by atomic mass is 9.94. The van der Waals surface area contributed by atoms with Gasteiger partial charge in [0.25, 0.3) is 5.56 Å². The molecule has 2 unspecified atom stereocenters. The van der Waals surface area contributed by atoms with Crippen LogP contribution in [0.1, 0.15) is 13.3 Å². The molecular formula is C12H19ClN4O2. The third-order valence-corrected chi connectivity index (χ3v) is 3.95. The molecule has 3 N–H and O–H groups in total. The standard InChI is InChI=1S/C12H19ClN4O2/c1-8-7-16(3-2-9(8)14)10-6-15-17(4-5-18)12(19)11(10)13/h6,8-9,18H,2-5,7,14H2,1H3. The third-order valence-electron chi connectivity index (χ3n) is 3.59. The van der Waals surface area contributed by atoms with Crippen molar-refractivity contribution in [3.05, 3.63) is 21.6 Å². The van der Waals surface area contributed by atoms with Gasteiger partial charge in [-0.15, -0.1) is 0 Å². The molecule has 2 heterocycles. The van der Waals surface area contributed by atoms with E-state index in [0.29, 0.717) is 11.6 Å². The van der Waals surface area contributed by atoms with Gasteiger partial charge < -0.3 is 15.7 Å². The molecule has 106 valence electrons. The molecule has 0 aromatic carbocycles. The van der Waals surface area contributed by atoms with Crippen molar-refractivity contribution >= 4 is 17.3 Å². The molecule has 0 amide bonds. The molecule has 1 aliphatic rings. The van der Waals surface area contributed by atoms with Gasteiger partial charge in [-0.05, 0) is 12.3 Å². The average Bonchev–Trinajstić information content (AvgIpc) is 2.39. The lowest BCUT2D eigenvalue weighted by Gasteiger charge is -2.36. The van der Waals surface area contributed by atoms with Crippen molar-refractivity contribution in [1.82, 2.24) is 9.78 Å². The van der Waals surface area contributed by atoms with Crippen molar-refractivity contribution in [1.29, 1.82) is 0 Å². The molecule has 0 aliphatic carbocycles. The number of hydrogen-bond acceptors (Lipinski definition) is 5. The average molecular weight is 287 g/mol. The number of hydrogen-bond donors (Lipinski definition) is 2. The highest BCUT2D eigenvalue weighted by Crippen LogP contribution is 2.26. The molecule has 0 bridgehead atoms. The molecule has 1 aliphatic heterocycles. The number of aliphatic hydroxyl groups excluding tert-OH is 1. The van der Waals surface area contributed by atoms with Crippen LogP contribution in [0.4, 0.5) is 5.69 Å². The molecule has 1 fully saturated rings. The molecule has 6 nitrogen and oxygen atoms in total. The number of aromatic nitrogens is 2. The fourth-order valence-corrected chi connectivity index (χ4v) is 2.58. The molecule has 2 rings (SSSR count). The van der Waals surface area contributed by atoms with Gasteiger partial charge in [-0.2, -0.15) is 5.10 Å². The second-order valence-electron chi connectivity index (χ2n) is 4.97. The van der Waals surface area contributed by atoms with E-state index in [2.05, 4.69) is 12.0 Å². The number of nitrogens with zero attached hydrogens (tertiary/aromatic N) is 3. The van der Waals surface area contributed by atoms with Crippen LogP contribution in [-0.4, -0.2) is 40.6 Å². The SMILES string of the molecule is CC1CN(c2cnn(CCO)c(=O)c2Cl)CCC1N. The highest BCUT2D eigenvalue weighted by Gasteiger charge is 2.25. The van der Waals surface area contributed by atoms with Crippen molar-refractivity contribution in [3.8, 4) is 0 Å². The number of anilines is 1. The number of nitrogens with two attached hydrogens (primary N) is 1. The Morgan fingerprint density at radius 2 is 2.37 bits per heavy atom. The Hall–Kier alpha value is -1.11. The van der Waals surface area contributed by atoms with E-state index in [1.165, 1.54) is 4.68 Å². The van der Waals surface area contributed by atoms with Crippen molar-refractivity contribution in [2.75, 3.05) is 24.6 Å². The Bertz CT molecular complexity index is 505. The van der Waals surface area contributed by atoms with Crippen LogP contribution in [0.2, 0.25) is 5.02 Å². The molecule has 0 radical (unpaired) electrons. The normalized spacial score (nSPS) is 23.7. The fourth-order valence-electron chi connectivity index (χ4n) is 2.31. The highest BCUT2D eigenvalue weighted by atomic mass is 35.5. The van der Waals surface area contributed by atoms with Crippen molar-refractivity contribution in [3.63, 3.8) is 0 Å². The lowest BCUT2D eigenvalue weighted by molar-refractivity contribution is 0.266. The fraction of sp³-hybridized carbons (Fsp3) is 0.667. The zero-order chi connectivity index (χ0) is 14.0. The topological polar surface area (TPSA) is 84.4 Å². The van der Waals surface area contributed by atoms with Crippen LogP contribution in [0.15, 0.2) is 11.0 Å². The van der Waals surface area contributed by atoms with Gasteiger partial charge in [0.2, 0.25) is 0 Å². The van der Waals surface area contributed by atoms with Gasteiger partial charge in [-0.25, -0.2) is 4.68 Å². The zero-order valence-corrected chi connectivity index (χ0v) is 11.7. The number of aliphatic hydroxyl groups is 1. The Labute approximate surface area is 116 Å². The minimum Gasteiger partial charge on any atom is -0.394 e. The molecule has 1 aromatic heterocycles. The lowest BCUT2D eigenvalue weighted by Crippen LogP contribution is -2.46. The summed E-state index contributed by atoms with van der Waals surface area (Å²) < 4.78 is 1.17. The van der Waals surface area contributed by atoms with E-state index in [-0.39, 0.29) is 29.8 Å². The summed E-state index contributed by atoms with van der Waals surface area (Å²) in [5.74, 6) is 0.352. The predicted octanol–water partition coefficient (Wildman–Crippen LogP) is 0.0625. The Kier molecular flexibility index (Phi) is 4.44. The van der Waals surface area contributed by atoms with Crippen LogP contribution in [0.25, 0.3) is 0 Å². The first kappa shape index (κ1) is 14.3. The van der Waals surface area contributed by atoms with Gasteiger partial charge in [0.05, 0.1) is 25.0 Å². The minimum atomic E-state index is -0.365. The van der Waals surface area contributed by atoms with Crippen molar-refractivity contribution in [2.45, 2.75) is 25.9 Å². The molecule has 2 atom stereocenters. The van der Waals surface area contributed by atoms with Crippen molar-refractivity contribution < 1.29 is 5.11 Å². The van der Waals surface area contributed by atoms with Crippen LogP contribution in [0, 0.1) is 5.92 Å². The van der Waals surface area contributed by atoms with Crippen LogP contribution < -0.4 is 16.2 Å². The van der Waals surface area contributed by atoms with Gasteiger partial charge in [-0.1, -0.05) is 18.5 Å². The van der Waals surface area contributed by atoms with E-state index in [0.717, 1.165) is 19.5 Å². The molecule has 0 spiro atoms. The third kappa shape index (κ3) is 2.91. The first-order valence-corrected chi connectivity index (χ1v) is 6.79. The van der Waals surface area contributed by atoms with Crippen LogP contribution in [0.3, 0.4) is 0 Å². The summed E-state index contributed by atoms with van der Waals surface area (Å²) in [7, 11) is 0. The van der Waals surface area contributed by atoms with Gasteiger partial charge in [-0.3, -0.25) is 4.79 Å². The largest absolute Gasteiger partial charge is 0.394 e. The number of piperidine rings is 1. The van der Waals surface area contributed by atoms with E-state index in [9.17, 15) is 4.79 Å². The first-order chi connectivity index (χ1) is 9.04. The quantitative estimate of drug-likeness (QED) is 0.821. The van der Waals surface area contributed by atoms with Crippen LogP contribution >= 0.6 is 11.6 Å². The maximum Gasteiger partial charge on any atom is 0.287 e. The summed E-state index contributed by atoms with van der Waals surface area (Å²) in [6.45, 7) is 3.64. The summed E-state index contributed by atoms with van der Waals surface area (Å²) in [5.41, 5.74) is 6.27. The monoisotopic (exact) mass is 286 g/mol. The molecule has 0 saturated carbocycles. The zero-order valence-electron chi connectivity index (χ0n) is 10.9. The highest BCUT2D eigenvalue weighted by molar-refractivity contribution is 6.33. The van der Waals surface area contributed by atoms with Gasteiger partial charge >= 0.3 is 0 Å². The molecule has 19 heavy (non-hydrogen) atoms. The smallest absolute Gasteiger partial charge is 0.287 e. The Morgan fingerprint density at radius 3 is 3.00 bits per heavy atom. The second kappa shape index (κ2) is 5.90. The maximum absolute atomic E-state index is 12.0. The number of rotatable bonds is 3. The number of halogens is 1. The molecule has 7 heteroatoms. The van der Waals surface area contributed by atoms with E-state index < -0.39 is 0 Å². The summed E-state index contributed by atoms with van der Waals surface area (Å²) >= 11 is 6.12. The summed E-state index contributed by atoms with van der Waals surface area (Å²) in [5, 5.41) is 13.0. The summed E-state index contributed by atoms with van der Waals surface area (Å²) in [6, 6.07) is 0.192. The van der Waals surface area contributed by atoms with E-state index in [1.54, 1.807) is 6.20 Å². The second-order valence-corrected chi connectivity index (χ2v) is 5.35. The van der Waals surface area contributed by atoms with Gasteiger partial charge in [0.15, 0.2) is 0 Å². The Morgan fingerprint density at radius 1 is 1.63 bits per heavy atom. The minimum absolute atomic E-state index is 0.141.